The quantitative estimate of drug-likeness (QED) is 0.323. The molecule has 12 heavy (non-hydrogen) atoms. The summed E-state index contributed by atoms with van der Waals surface area (Å²) in [6.45, 7) is 0.298. The van der Waals surface area contributed by atoms with Gasteiger partial charge in [0.1, 0.15) is 5.44 Å². The largest absolute Gasteiger partial charge is 0.396 e. The molecule has 0 aromatic heterocycles. The molecule has 1 unspecified atom stereocenters. The van der Waals surface area contributed by atoms with Gasteiger partial charge in [-0.25, -0.2) is 0 Å². The van der Waals surface area contributed by atoms with Crippen molar-refractivity contribution in [1.82, 2.24) is 0 Å². The molecule has 0 heterocycles. The molecule has 2 N–H and O–H groups in total. The molecule has 0 fully saturated rings. The number of hydrogen-bond donors (Lipinski definition) is 3. The van der Waals surface area contributed by atoms with Gasteiger partial charge < -0.3 is 10.2 Å². The van der Waals surface area contributed by atoms with Crippen LogP contribution in [0.4, 0.5) is 0 Å². The smallest absolute Gasteiger partial charge is 0.108 e. The Morgan fingerprint density at radius 3 is 2.42 bits per heavy atom. The Hall–Kier alpha value is 0.620. The zero-order valence-corrected chi connectivity index (χ0v) is 8.99. The Balaban J connectivity index is 2.90. The van der Waals surface area contributed by atoms with E-state index in [9.17, 15) is 0 Å². The van der Waals surface area contributed by atoms with E-state index in [1.54, 1.807) is 11.8 Å². The van der Waals surface area contributed by atoms with Crippen molar-refractivity contribution in [3.63, 3.8) is 0 Å². The van der Waals surface area contributed by atoms with Crippen molar-refractivity contribution < 1.29 is 10.2 Å². The Kier molecular flexibility index (Phi) is 10.2. The first kappa shape index (κ1) is 12.6. The Morgan fingerprint density at radius 2 is 1.83 bits per heavy atom. The topological polar surface area (TPSA) is 40.5 Å². The third-order valence-electron chi connectivity index (χ3n) is 1.52. The number of aliphatic hydroxyl groups is 2. The summed E-state index contributed by atoms with van der Waals surface area (Å²) in [7, 11) is 0. The predicted molar refractivity (Wildman–Crippen MR) is 57.9 cm³/mol. The summed E-state index contributed by atoms with van der Waals surface area (Å²) < 4.78 is 0. The van der Waals surface area contributed by atoms with Gasteiger partial charge in [0.15, 0.2) is 0 Å². The highest BCUT2D eigenvalue weighted by Crippen LogP contribution is 2.12. The molecule has 0 radical (unpaired) electrons. The SMILES string of the molecule is OCCCCCCSC(O)CS. The number of unbranched alkanes of at least 4 members (excludes halogenated alkanes) is 3. The van der Waals surface area contributed by atoms with E-state index in [0.29, 0.717) is 12.4 Å². The fourth-order valence-corrected chi connectivity index (χ4v) is 1.90. The van der Waals surface area contributed by atoms with Crippen LogP contribution in [0.5, 0.6) is 0 Å². The van der Waals surface area contributed by atoms with Crippen molar-refractivity contribution in [2.45, 2.75) is 31.1 Å². The van der Waals surface area contributed by atoms with E-state index in [1.165, 1.54) is 0 Å². The van der Waals surface area contributed by atoms with E-state index < -0.39 is 0 Å². The number of thioether (sulfide) groups is 1. The summed E-state index contributed by atoms with van der Waals surface area (Å²) in [5, 5.41) is 17.6. The lowest BCUT2D eigenvalue weighted by Crippen LogP contribution is -2.02. The van der Waals surface area contributed by atoms with E-state index in [2.05, 4.69) is 12.6 Å². The second kappa shape index (κ2) is 9.71. The molecular weight excluding hydrogens is 192 g/mol. The van der Waals surface area contributed by atoms with E-state index in [4.69, 9.17) is 10.2 Å². The molecule has 0 aliphatic heterocycles. The number of aliphatic hydroxyl groups excluding tert-OH is 2. The van der Waals surface area contributed by atoms with Gasteiger partial charge in [-0.05, 0) is 18.6 Å². The molecular formula is C8H18O2S2. The summed E-state index contributed by atoms with van der Waals surface area (Å²) in [4.78, 5) is 0. The Morgan fingerprint density at radius 1 is 1.17 bits per heavy atom. The maximum absolute atomic E-state index is 9.11. The van der Waals surface area contributed by atoms with Crippen LogP contribution < -0.4 is 0 Å². The average molecular weight is 210 g/mol. The lowest BCUT2D eigenvalue weighted by atomic mass is 10.2. The molecule has 0 saturated heterocycles. The highest BCUT2D eigenvalue weighted by Gasteiger charge is 1.99. The first-order valence-electron chi connectivity index (χ1n) is 4.32. The van der Waals surface area contributed by atoms with Crippen molar-refractivity contribution in [2.24, 2.45) is 0 Å². The van der Waals surface area contributed by atoms with Gasteiger partial charge in [0.25, 0.3) is 0 Å². The highest BCUT2D eigenvalue weighted by molar-refractivity contribution is 8.00. The standard InChI is InChI=1S/C8H18O2S2/c9-5-3-1-2-4-6-12-8(10)7-11/h8-11H,1-7H2. The summed E-state index contributed by atoms with van der Waals surface area (Å²) in [5.74, 6) is 1.52. The summed E-state index contributed by atoms with van der Waals surface area (Å²) in [5.41, 5.74) is -0.314. The van der Waals surface area contributed by atoms with Gasteiger partial charge in [-0.15, -0.1) is 11.8 Å². The van der Waals surface area contributed by atoms with E-state index in [1.807, 2.05) is 0 Å². The molecule has 0 aliphatic carbocycles. The van der Waals surface area contributed by atoms with E-state index >= 15 is 0 Å². The van der Waals surface area contributed by atoms with Gasteiger partial charge in [-0.1, -0.05) is 12.8 Å². The molecule has 2 nitrogen and oxygen atoms in total. The first-order valence-corrected chi connectivity index (χ1v) is 6.00. The molecule has 0 aromatic rings. The van der Waals surface area contributed by atoms with Gasteiger partial charge in [0.2, 0.25) is 0 Å². The molecule has 0 aliphatic rings. The van der Waals surface area contributed by atoms with Gasteiger partial charge in [-0.3, -0.25) is 0 Å². The molecule has 0 bridgehead atoms. The lowest BCUT2D eigenvalue weighted by molar-refractivity contribution is 0.282. The van der Waals surface area contributed by atoms with Crippen LogP contribution in [0.3, 0.4) is 0 Å². The molecule has 0 amide bonds. The normalized spacial score (nSPS) is 13.2. The van der Waals surface area contributed by atoms with E-state index in [0.717, 1.165) is 31.4 Å². The highest BCUT2D eigenvalue weighted by atomic mass is 32.2. The van der Waals surface area contributed by atoms with Crippen molar-refractivity contribution in [3.05, 3.63) is 0 Å². The van der Waals surface area contributed by atoms with Crippen LogP contribution in [0.25, 0.3) is 0 Å². The average Bonchev–Trinajstić information content (AvgIpc) is 2.10. The number of thiol groups is 1. The molecule has 0 aromatic carbocycles. The Labute approximate surface area is 84.2 Å². The minimum atomic E-state index is -0.314. The summed E-state index contributed by atoms with van der Waals surface area (Å²) in [6, 6.07) is 0. The fraction of sp³-hybridized carbons (Fsp3) is 1.00. The maximum atomic E-state index is 9.11. The molecule has 0 rings (SSSR count). The van der Waals surface area contributed by atoms with Crippen LogP contribution in [-0.4, -0.2) is 33.8 Å². The number of hydrogen-bond acceptors (Lipinski definition) is 4. The van der Waals surface area contributed by atoms with Gasteiger partial charge in [0, 0.05) is 12.4 Å². The first-order chi connectivity index (χ1) is 5.81. The summed E-state index contributed by atoms with van der Waals surface area (Å²) in [6.07, 6.45) is 4.26. The van der Waals surface area contributed by atoms with Crippen LogP contribution in [0.1, 0.15) is 25.7 Å². The molecule has 0 spiro atoms. The number of rotatable bonds is 8. The van der Waals surface area contributed by atoms with Crippen molar-refractivity contribution in [2.75, 3.05) is 18.1 Å². The minimum Gasteiger partial charge on any atom is -0.396 e. The van der Waals surface area contributed by atoms with Crippen molar-refractivity contribution >= 4 is 24.4 Å². The van der Waals surface area contributed by atoms with Crippen LogP contribution in [-0.2, 0) is 0 Å². The monoisotopic (exact) mass is 210 g/mol. The zero-order valence-electron chi connectivity index (χ0n) is 7.28. The second-order valence-electron chi connectivity index (χ2n) is 2.65. The van der Waals surface area contributed by atoms with Gasteiger partial charge >= 0.3 is 0 Å². The van der Waals surface area contributed by atoms with Crippen LogP contribution >= 0.6 is 24.4 Å². The maximum Gasteiger partial charge on any atom is 0.108 e. The molecule has 74 valence electrons. The van der Waals surface area contributed by atoms with Crippen LogP contribution in [0, 0.1) is 0 Å². The third-order valence-corrected chi connectivity index (χ3v) is 3.19. The van der Waals surface area contributed by atoms with Gasteiger partial charge in [0.05, 0.1) is 0 Å². The fourth-order valence-electron chi connectivity index (χ4n) is 0.839. The molecule has 1 atom stereocenters. The lowest BCUT2D eigenvalue weighted by Gasteiger charge is -2.05. The summed E-state index contributed by atoms with van der Waals surface area (Å²) >= 11 is 5.52. The minimum absolute atomic E-state index is 0.298. The zero-order chi connectivity index (χ0) is 9.23. The molecule has 4 heteroatoms. The van der Waals surface area contributed by atoms with Crippen LogP contribution in [0.2, 0.25) is 0 Å². The predicted octanol–water partition coefficient (Wildman–Crippen LogP) is 1.52. The van der Waals surface area contributed by atoms with Crippen molar-refractivity contribution in [3.8, 4) is 0 Å². The second-order valence-corrected chi connectivity index (χ2v) is 4.30. The third kappa shape index (κ3) is 8.71. The van der Waals surface area contributed by atoms with Crippen LogP contribution in [0.15, 0.2) is 0 Å². The molecule has 0 saturated carbocycles. The van der Waals surface area contributed by atoms with Crippen molar-refractivity contribution in [1.29, 1.82) is 0 Å². The van der Waals surface area contributed by atoms with E-state index in [-0.39, 0.29) is 5.44 Å². The Bertz CT molecular complexity index is 91.1. The van der Waals surface area contributed by atoms with Gasteiger partial charge in [-0.2, -0.15) is 12.6 Å².